The largest absolute Gasteiger partial charge is 2.00 e. The van der Waals surface area contributed by atoms with Crippen molar-refractivity contribution in [3.8, 4) is 28.7 Å². The van der Waals surface area contributed by atoms with Gasteiger partial charge in [0.15, 0.2) is 0 Å². The molecule has 166 valence electrons. The molecule has 0 fully saturated rings. The van der Waals surface area contributed by atoms with Gasteiger partial charge in [0.1, 0.15) is 0 Å². The van der Waals surface area contributed by atoms with Gasteiger partial charge in [-0.05, 0) is 35.5 Å². The molecule has 5 nitrogen and oxygen atoms in total. The third kappa shape index (κ3) is 4.00. The predicted molar refractivity (Wildman–Crippen MR) is 129 cm³/mol. The first-order chi connectivity index (χ1) is 16.3. The summed E-state index contributed by atoms with van der Waals surface area (Å²) in [6, 6.07) is 30.8. The molecule has 0 saturated heterocycles. The van der Waals surface area contributed by atoms with E-state index in [1.165, 1.54) is 0 Å². The Morgan fingerprint density at radius 1 is 0.735 bits per heavy atom. The minimum atomic E-state index is 0. The van der Waals surface area contributed by atoms with E-state index in [9.17, 15) is 0 Å². The summed E-state index contributed by atoms with van der Waals surface area (Å²) in [5, 5.41) is 2.23. The van der Waals surface area contributed by atoms with Gasteiger partial charge in [-0.15, -0.1) is 18.2 Å². The van der Waals surface area contributed by atoms with Crippen LogP contribution in [0.15, 0.2) is 91.4 Å². The molecule has 0 unspecified atom stereocenters. The summed E-state index contributed by atoms with van der Waals surface area (Å²) < 4.78 is 7.96. The molecule has 0 atom stereocenters. The van der Waals surface area contributed by atoms with Gasteiger partial charge >= 0.3 is 21.1 Å². The van der Waals surface area contributed by atoms with E-state index < -0.39 is 0 Å². The number of rotatable bonds is 4. The second-order valence-corrected chi connectivity index (χ2v) is 7.74. The molecule has 3 aromatic carbocycles. The molecule has 0 aliphatic heterocycles. The van der Waals surface area contributed by atoms with Gasteiger partial charge in [-0.1, -0.05) is 29.7 Å². The molecular weight excluding hydrogens is 603 g/mol. The molecule has 6 heteroatoms. The van der Waals surface area contributed by atoms with Crippen LogP contribution in [0.1, 0.15) is 5.56 Å². The first-order valence-corrected chi connectivity index (χ1v) is 10.6. The smallest absolute Gasteiger partial charge is 0.460 e. The summed E-state index contributed by atoms with van der Waals surface area (Å²) in [6.45, 7) is 2.00. The second-order valence-electron chi connectivity index (χ2n) is 7.74. The fraction of sp³-hybridized carbons (Fsp3) is 0.0357. The van der Waals surface area contributed by atoms with Crippen molar-refractivity contribution in [3.63, 3.8) is 0 Å². The summed E-state index contributed by atoms with van der Waals surface area (Å²) in [7, 11) is 0. The van der Waals surface area contributed by atoms with E-state index in [1.54, 1.807) is 18.6 Å². The molecule has 34 heavy (non-hydrogen) atoms. The van der Waals surface area contributed by atoms with E-state index >= 15 is 0 Å². The van der Waals surface area contributed by atoms with Gasteiger partial charge in [-0.2, -0.15) is 24.3 Å². The summed E-state index contributed by atoms with van der Waals surface area (Å²) in [5.74, 6) is 1.75. The normalized spacial score (nSPS) is 10.9. The monoisotopic (exact) mass is 621 g/mol. The molecule has 0 aliphatic rings. The van der Waals surface area contributed by atoms with Crippen molar-refractivity contribution in [2.75, 3.05) is 0 Å². The van der Waals surface area contributed by atoms with E-state index in [-0.39, 0.29) is 21.1 Å². The average molecular weight is 622 g/mol. The topological polar surface area (TPSA) is 52.8 Å². The zero-order valence-corrected chi connectivity index (χ0v) is 20.4. The first kappa shape index (κ1) is 22.0. The number of aromatic nitrogens is 4. The minimum Gasteiger partial charge on any atom is -0.460 e. The van der Waals surface area contributed by atoms with Crippen LogP contribution in [0, 0.1) is 19.1 Å². The third-order valence-corrected chi connectivity index (χ3v) is 5.49. The van der Waals surface area contributed by atoms with Gasteiger partial charge in [0.2, 0.25) is 11.8 Å². The van der Waals surface area contributed by atoms with Crippen molar-refractivity contribution in [2.45, 2.75) is 6.92 Å². The number of ether oxygens (including phenoxy) is 1. The molecule has 0 bridgehead atoms. The number of para-hydroxylation sites is 1. The summed E-state index contributed by atoms with van der Waals surface area (Å²) >= 11 is 0. The predicted octanol–water partition coefficient (Wildman–Crippen LogP) is 6.33. The third-order valence-electron chi connectivity index (χ3n) is 5.49. The SMILES string of the molecule is Cc1ccc(Oc2[c-]c(-c3[c-]c4c(cc3)c3ccccc3n4-c3ncccn3)ccc2)nc1.[Pt+2]. The Balaban J connectivity index is 0.00000241. The Morgan fingerprint density at radius 2 is 1.56 bits per heavy atom. The van der Waals surface area contributed by atoms with Gasteiger partial charge in [-0.25, -0.2) is 26.1 Å². The number of aryl methyl sites for hydroxylation is 1. The molecule has 0 aliphatic carbocycles. The van der Waals surface area contributed by atoms with E-state index in [2.05, 4.69) is 51.4 Å². The van der Waals surface area contributed by atoms with Crippen molar-refractivity contribution in [1.29, 1.82) is 0 Å². The van der Waals surface area contributed by atoms with Crippen molar-refractivity contribution in [1.82, 2.24) is 19.5 Å². The van der Waals surface area contributed by atoms with E-state index in [0.717, 1.165) is 38.5 Å². The maximum Gasteiger partial charge on any atom is 2.00 e. The van der Waals surface area contributed by atoms with Crippen LogP contribution in [0.3, 0.4) is 0 Å². The average Bonchev–Trinajstić information content (AvgIpc) is 3.20. The molecular formula is C28H18N4OPt. The van der Waals surface area contributed by atoms with Gasteiger partial charge in [-0.3, -0.25) is 4.57 Å². The van der Waals surface area contributed by atoms with Gasteiger partial charge in [0, 0.05) is 35.9 Å². The number of nitrogens with zero attached hydrogens (tertiary/aromatic N) is 4. The number of hydrogen-bond acceptors (Lipinski definition) is 4. The Labute approximate surface area is 211 Å². The molecule has 0 spiro atoms. The molecule has 6 aromatic rings. The van der Waals surface area contributed by atoms with Gasteiger partial charge < -0.3 is 4.74 Å². The molecule has 0 radical (unpaired) electrons. The van der Waals surface area contributed by atoms with Crippen LogP contribution in [-0.2, 0) is 21.1 Å². The fourth-order valence-electron chi connectivity index (χ4n) is 3.96. The van der Waals surface area contributed by atoms with Crippen molar-refractivity contribution < 1.29 is 25.8 Å². The van der Waals surface area contributed by atoms with Crippen molar-refractivity contribution in [2.24, 2.45) is 0 Å². The minimum absolute atomic E-state index is 0. The molecule has 0 amide bonds. The van der Waals surface area contributed by atoms with Gasteiger partial charge in [0.25, 0.3) is 0 Å². The quantitative estimate of drug-likeness (QED) is 0.216. The Morgan fingerprint density at radius 3 is 2.38 bits per heavy atom. The van der Waals surface area contributed by atoms with E-state index in [0.29, 0.717) is 17.6 Å². The molecule has 0 N–H and O–H groups in total. The molecule has 6 rings (SSSR count). The zero-order valence-electron chi connectivity index (χ0n) is 18.2. The van der Waals surface area contributed by atoms with Crippen LogP contribution in [-0.4, -0.2) is 19.5 Å². The summed E-state index contributed by atoms with van der Waals surface area (Å²) in [6.07, 6.45) is 5.28. The van der Waals surface area contributed by atoms with Crippen LogP contribution in [0.2, 0.25) is 0 Å². The van der Waals surface area contributed by atoms with Crippen LogP contribution in [0.5, 0.6) is 11.6 Å². The Bertz CT molecular complexity index is 1590. The Hall–Kier alpha value is -3.82. The molecule has 3 heterocycles. The number of hydrogen-bond donors (Lipinski definition) is 0. The molecule has 0 saturated carbocycles. The van der Waals surface area contributed by atoms with Crippen LogP contribution >= 0.6 is 0 Å². The van der Waals surface area contributed by atoms with Gasteiger partial charge in [0.05, 0.1) is 0 Å². The van der Waals surface area contributed by atoms with Crippen LogP contribution in [0.4, 0.5) is 0 Å². The molecule has 3 aromatic heterocycles. The Kier molecular flexibility index (Phi) is 5.95. The number of pyridine rings is 1. The van der Waals surface area contributed by atoms with E-state index in [4.69, 9.17) is 4.74 Å². The number of fused-ring (bicyclic) bond motifs is 3. The zero-order chi connectivity index (χ0) is 22.2. The standard InChI is InChI=1S/C28H18N4O.Pt/c1-19-10-13-27(31-18-19)33-22-7-4-6-20(16-22)21-11-12-24-23-8-2-3-9-25(23)32(26(24)17-21)28-29-14-5-15-30-28;/h2-15,18H,1H3;/q-2;+2. The van der Waals surface area contributed by atoms with Crippen LogP contribution in [0.25, 0.3) is 38.9 Å². The summed E-state index contributed by atoms with van der Waals surface area (Å²) in [5.41, 5.74) is 4.83. The second kappa shape index (κ2) is 9.20. The first-order valence-electron chi connectivity index (χ1n) is 10.6. The van der Waals surface area contributed by atoms with E-state index in [1.807, 2.05) is 60.0 Å². The summed E-state index contributed by atoms with van der Waals surface area (Å²) in [4.78, 5) is 13.3. The maximum absolute atomic E-state index is 5.92. The maximum atomic E-state index is 5.92. The number of benzene rings is 3. The van der Waals surface area contributed by atoms with Crippen LogP contribution < -0.4 is 4.74 Å². The fourth-order valence-corrected chi connectivity index (χ4v) is 3.96. The van der Waals surface area contributed by atoms with Crippen molar-refractivity contribution >= 4 is 21.8 Å². The van der Waals surface area contributed by atoms with Crippen molar-refractivity contribution in [3.05, 3.63) is 109 Å².